The first-order valence-corrected chi connectivity index (χ1v) is 13.9. The molecule has 0 spiro atoms. The van der Waals surface area contributed by atoms with Crippen molar-refractivity contribution in [1.82, 2.24) is 0 Å². The minimum absolute atomic E-state index is 0.0882. The molecule has 1 aromatic heterocycles. The Bertz CT molecular complexity index is 1490. The van der Waals surface area contributed by atoms with Crippen LogP contribution in [0.1, 0.15) is 40.0 Å². The van der Waals surface area contributed by atoms with E-state index in [1.165, 1.54) is 24.5 Å². The summed E-state index contributed by atoms with van der Waals surface area (Å²) in [6.45, 7) is 0.204. The average Bonchev–Trinajstić information content (AvgIpc) is 3.23. The first-order valence-electron chi connectivity index (χ1n) is 11.3. The number of nitrogens with one attached hydrogen (secondary N) is 1. The number of hydrogen-bond donors (Lipinski definition) is 1. The topological polar surface area (TPSA) is 95.1 Å². The number of rotatable bonds is 7. The molecule has 37 heavy (non-hydrogen) atoms. The molecule has 1 amide bonds. The highest BCUT2D eigenvalue weighted by Gasteiger charge is 2.23. The van der Waals surface area contributed by atoms with Gasteiger partial charge in [0.15, 0.2) is 11.5 Å². The van der Waals surface area contributed by atoms with Crippen molar-refractivity contribution in [3.8, 4) is 23.6 Å². The molecule has 4 rings (SSSR count). The fourth-order valence-electron chi connectivity index (χ4n) is 4.01. The van der Waals surface area contributed by atoms with Gasteiger partial charge in [-0.3, -0.25) is 4.79 Å². The summed E-state index contributed by atoms with van der Waals surface area (Å²) in [6.07, 6.45) is 5.33. The SMILES string of the molecule is COc1cc(/C=C(\C#N)C(=O)Nc2sc3c(c2C#N)CCCC3)cc(I)c1OCc1ccc(Cl)cc1Cl. The molecule has 0 unspecified atom stereocenters. The Kier molecular flexibility index (Phi) is 8.99. The summed E-state index contributed by atoms with van der Waals surface area (Å²) in [4.78, 5) is 14.1. The van der Waals surface area contributed by atoms with Crippen molar-refractivity contribution in [2.24, 2.45) is 0 Å². The number of amides is 1. The Morgan fingerprint density at radius 2 is 2.00 bits per heavy atom. The van der Waals surface area contributed by atoms with E-state index in [0.717, 1.165) is 45.3 Å². The number of carbonyl (C=O) groups excluding carboxylic acids is 1. The summed E-state index contributed by atoms with van der Waals surface area (Å²) < 4.78 is 12.2. The summed E-state index contributed by atoms with van der Waals surface area (Å²) >= 11 is 15.7. The van der Waals surface area contributed by atoms with E-state index in [1.54, 1.807) is 30.3 Å². The number of anilines is 1. The van der Waals surface area contributed by atoms with Gasteiger partial charge in [-0.15, -0.1) is 11.3 Å². The van der Waals surface area contributed by atoms with Gasteiger partial charge in [0.25, 0.3) is 5.91 Å². The van der Waals surface area contributed by atoms with E-state index < -0.39 is 5.91 Å². The normalized spacial score (nSPS) is 12.8. The summed E-state index contributed by atoms with van der Waals surface area (Å²) in [6, 6.07) is 12.9. The van der Waals surface area contributed by atoms with Gasteiger partial charge < -0.3 is 14.8 Å². The van der Waals surface area contributed by atoms with E-state index in [4.69, 9.17) is 32.7 Å². The number of ether oxygens (including phenoxy) is 2. The number of methoxy groups -OCH3 is 1. The van der Waals surface area contributed by atoms with Crippen molar-refractivity contribution in [2.45, 2.75) is 32.3 Å². The smallest absolute Gasteiger partial charge is 0.266 e. The van der Waals surface area contributed by atoms with Gasteiger partial charge in [0.1, 0.15) is 29.3 Å². The van der Waals surface area contributed by atoms with E-state index in [0.29, 0.717) is 37.7 Å². The Hall–Kier alpha value is -2.76. The number of nitriles is 2. The molecule has 0 radical (unpaired) electrons. The van der Waals surface area contributed by atoms with E-state index in [9.17, 15) is 15.3 Å². The van der Waals surface area contributed by atoms with Gasteiger partial charge in [0.05, 0.1) is 16.2 Å². The first kappa shape index (κ1) is 27.3. The van der Waals surface area contributed by atoms with Crippen LogP contribution in [-0.4, -0.2) is 13.0 Å². The third-order valence-electron chi connectivity index (χ3n) is 5.83. The molecule has 1 N–H and O–H groups in total. The maximum atomic E-state index is 13.0. The van der Waals surface area contributed by atoms with Crippen LogP contribution in [0.4, 0.5) is 5.00 Å². The third-order valence-corrected chi connectivity index (χ3v) is 8.42. The van der Waals surface area contributed by atoms with Gasteiger partial charge in [-0.2, -0.15) is 10.5 Å². The second-order valence-corrected chi connectivity index (χ2v) is 11.3. The van der Waals surface area contributed by atoms with Crippen LogP contribution in [0.15, 0.2) is 35.9 Å². The molecule has 0 saturated heterocycles. The fraction of sp³-hybridized carbons (Fsp3) is 0.222. The average molecular weight is 664 g/mol. The molecule has 3 aromatic rings. The molecule has 0 bridgehead atoms. The zero-order valence-corrected chi connectivity index (χ0v) is 24.1. The maximum Gasteiger partial charge on any atom is 0.266 e. The minimum atomic E-state index is -0.565. The first-order chi connectivity index (χ1) is 17.8. The molecule has 1 aliphatic carbocycles. The molecule has 188 valence electrons. The lowest BCUT2D eigenvalue weighted by molar-refractivity contribution is -0.112. The summed E-state index contributed by atoms with van der Waals surface area (Å²) in [7, 11) is 1.51. The lowest BCUT2D eigenvalue weighted by Crippen LogP contribution is -2.13. The van der Waals surface area contributed by atoms with Gasteiger partial charge in [0, 0.05) is 20.5 Å². The Morgan fingerprint density at radius 1 is 1.22 bits per heavy atom. The molecule has 2 aromatic carbocycles. The predicted octanol–water partition coefficient (Wildman–Crippen LogP) is 7.54. The van der Waals surface area contributed by atoms with Crippen LogP contribution in [0.3, 0.4) is 0 Å². The molecular weight excluding hydrogens is 644 g/mol. The Labute approximate surface area is 242 Å². The largest absolute Gasteiger partial charge is 0.493 e. The molecular formula is C27H20Cl2IN3O3S. The summed E-state index contributed by atoms with van der Waals surface area (Å²) in [5, 5.41) is 23.7. The standard InChI is InChI=1S/C27H20Cl2IN3O3S/c1-35-23-10-15(9-22(30)25(23)36-14-16-6-7-18(28)11-21(16)29)8-17(12-31)26(34)33-27-20(13-32)19-4-2-3-5-24(19)37-27/h6-11H,2-5,14H2,1H3,(H,33,34)/b17-8+. The Balaban J connectivity index is 1.56. The van der Waals surface area contributed by atoms with Crippen LogP contribution in [-0.2, 0) is 24.2 Å². The number of halogens is 3. The zero-order valence-electron chi connectivity index (χ0n) is 19.7. The quantitative estimate of drug-likeness (QED) is 0.160. The van der Waals surface area contributed by atoms with Crippen molar-refractivity contribution in [3.05, 3.63) is 76.7 Å². The van der Waals surface area contributed by atoms with Crippen LogP contribution < -0.4 is 14.8 Å². The highest BCUT2D eigenvalue weighted by atomic mass is 127. The van der Waals surface area contributed by atoms with Crippen LogP contribution >= 0.6 is 57.1 Å². The number of nitrogens with zero attached hydrogens (tertiary/aromatic N) is 2. The molecule has 1 heterocycles. The maximum absolute atomic E-state index is 13.0. The predicted molar refractivity (Wildman–Crippen MR) is 154 cm³/mol. The molecule has 10 heteroatoms. The van der Waals surface area contributed by atoms with Crippen LogP contribution in [0.2, 0.25) is 10.0 Å². The number of hydrogen-bond acceptors (Lipinski definition) is 6. The van der Waals surface area contributed by atoms with E-state index in [1.807, 2.05) is 6.07 Å². The molecule has 0 saturated carbocycles. The van der Waals surface area contributed by atoms with E-state index in [-0.39, 0.29) is 12.2 Å². The van der Waals surface area contributed by atoms with Crippen molar-refractivity contribution < 1.29 is 14.3 Å². The summed E-state index contributed by atoms with van der Waals surface area (Å²) in [5.74, 6) is 0.389. The lowest BCUT2D eigenvalue weighted by atomic mass is 9.96. The van der Waals surface area contributed by atoms with Crippen molar-refractivity contribution in [2.75, 3.05) is 12.4 Å². The highest BCUT2D eigenvalue weighted by Crippen LogP contribution is 2.38. The highest BCUT2D eigenvalue weighted by molar-refractivity contribution is 14.1. The van der Waals surface area contributed by atoms with E-state index in [2.05, 4.69) is 34.0 Å². The van der Waals surface area contributed by atoms with Crippen molar-refractivity contribution in [3.63, 3.8) is 0 Å². The van der Waals surface area contributed by atoms with Crippen LogP contribution in [0.5, 0.6) is 11.5 Å². The number of benzene rings is 2. The van der Waals surface area contributed by atoms with Gasteiger partial charge >= 0.3 is 0 Å². The molecule has 1 aliphatic rings. The van der Waals surface area contributed by atoms with Crippen molar-refractivity contribution >= 4 is 74.1 Å². The number of thiophene rings is 1. The monoisotopic (exact) mass is 663 g/mol. The van der Waals surface area contributed by atoms with Crippen molar-refractivity contribution in [1.29, 1.82) is 10.5 Å². The van der Waals surface area contributed by atoms with Crippen LogP contribution in [0, 0.1) is 26.2 Å². The van der Waals surface area contributed by atoms with Crippen LogP contribution in [0.25, 0.3) is 6.08 Å². The number of carbonyl (C=O) groups is 1. The number of fused-ring (bicyclic) bond motifs is 1. The minimum Gasteiger partial charge on any atom is -0.493 e. The molecule has 0 aliphatic heterocycles. The van der Waals surface area contributed by atoms with E-state index >= 15 is 0 Å². The van der Waals surface area contributed by atoms with Gasteiger partial charge in [-0.25, -0.2) is 0 Å². The summed E-state index contributed by atoms with van der Waals surface area (Å²) in [5.41, 5.74) is 2.80. The molecule has 6 nitrogen and oxygen atoms in total. The molecule has 0 atom stereocenters. The Morgan fingerprint density at radius 3 is 2.70 bits per heavy atom. The van der Waals surface area contributed by atoms with Gasteiger partial charge in [-0.1, -0.05) is 29.3 Å². The third kappa shape index (κ3) is 6.22. The molecule has 0 fully saturated rings. The second-order valence-electron chi connectivity index (χ2n) is 8.21. The second kappa shape index (κ2) is 12.2. The number of aryl methyl sites for hydroxylation is 1. The lowest BCUT2D eigenvalue weighted by Gasteiger charge is -2.14. The zero-order chi connectivity index (χ0) is 26.5. The van der Waals surface area contributed by atoms with Gasteiger partial charge in [-0.05, 0) is 89.7 Å². The van der Waals surface area contributed by atoms with Gasteiger partial charge in [0.2, 0.25) is 0 Å². The fourth-order valence-corrected chi connectivity index (χ4v) is 6.49.